The topological polar surface area (TPSA) is 32.3 Å². The molecule has 3 heteroatoms. The molecule has 0 saturated carbocycles. The molecule has 0 radical (unpaired) electrons. The zero-order chi connectivity index (χ0) is 9.97. The van der Waals surface area contributed by atoms with Gasteiger partial charge in [0.05, 0.1) is 0 Å². The van der Waals surface area contributed by atoms with Gasteiger partial charge in [-0.15, -0.1) is 0 Å². The first-order chi connectivity index (χ1) is 6.75. The summed E-state index contributed by atoms with van der Waals surface area (Å²) in [4.78, 5) is 0. The van der Waals surface area contributed by atoms with Gasteiger partial charge in [0, 0.05) is 0 Å². The van der Waals surface area contributed by atoms with Crippen LogP contribution in [0.1, 0.15) is 12.0 Å². The lowest BCUT2D eigenvalue weighted by atomic mass is 9.98. The van der Waals surface area contributed by atoms with Gasteiger partial charge in [0.1, 0.15) is 11.6 Å². The highest BCUT2D eigenvalue weighted by atomic mass is 19.1. The molecule has 1 aliphatic rings. The van der Waals surface area contributed by atoms with Crippen molar-refractivity contribution in [1.82, 2.24) is 5.32 Å². The first-order valence-corrected chi connectivity index (χ1v) is 4.94. The number of hydrogen-bond acceptors (Lipinski definition) is 2. The van der Waals surface area contributed by atoms with E-state index in [1.165, 1.54) is 18.2 Å². The van der Waals surface area contributed by atoms with Gasteiger partial charge in [0.25, 0.3) is 0 Å². The van der Waals surface area contributed by atoms with Gasteiger partial charge in [-0.25, -0.2) is 4.39 Å². The van der Waals surface area contributed by atoms with Crippen molar-refractivity contribution in [2.45, 2.75) is 12.8 Å². The van der Waals surface area contributed by atoms with Crippen molar-refractivity contribution in [3.8, 4) is 5.75 Å². The number of halogens is 1. The van der Waals surface area contributed by atoms with Gasteiger partial charge in [-0.2, -0.15) is 0 Å². The summed E-state index contributed by atoms with van der Waals surface area (Å²) in [5, 5.41) is 12.8. The zero-order valence-electron chi connectivity index (χ0n) is 7.96. The van der Waals surface area contributed by atoms with Crippen molar-refractivity contribution < 1.29 is 9.50 Å². The van der Waals surface area contributed by atoms with E-state index in [-0.39, 0.29) is 11.6 Å². The summed E-state index contributed by atoms with van der Waals surface area (Å²) in [6, 6.07) is 4.13. The van der Waals surface area contributed by atoms with Crippen LogP contribution in [0.2, 0.25) is 0 Å². The number of hydrogen-bond donors (Lipinski definition) is 2. The molecule has 0 spiro atoms. The highest BCUT2D eigenvalue weighted by Gasteiger charge is 2.16. The number of rotatable bonds is 2. The summed E-state index contributed by atoms with van der Waals surface area (Å²) in [5.74, 6) is 0.463. The second-order valence-electron chi connectivity index (χ2n) is 3.84. The van der Waals surface area contributed by atoms with Crippen LogP contribution in [-0.2, 0) is 6.42 Å². The Morgan fingerprint density at radius 3 is 3.07 bits per heavy atom. The molecule has 1 saturated heterocycles. The van der Waals surface area contributed by atoms with Gasteiger partial charge in [-0.1, -0.05) is 0 Å². The molecule has 0 aliphatic carbocycles. The SMILES string of the molecule is Oc1ccc(F)cc1CC1CCNC1. The maximum atomic E-state index is 12.9. The number of nitrogens with one attached hydrogen (secondary N) is 1. The number of phenols is 1. The quantitative estimate of drug-likeness (QED) is 0.752. The minimum atomic E-state index is -0.274. The number of benzene rings is 1. The molecule has 1 aliphatic heterocycles. The highest BCUT2D eigenvalue weighted by molar-refractivity contribution is 5.32. The molecule has 1 fully saturated rings. The molecule has 2 nitrogen and oxygen atoms in total. The zero-order valence-corrected chi connectivity index (χ0v) is 7.96. The minimum absolute atomic E-state index is 0.207. The van der Waals surface area contributed by atoms with Crippen LogP contribution in [0.5, 0.6) is 5.75 Å². The molecule has 0 aromatic heterocycles. The third-order valence-electron chi connectivity index (χ3n) is 2.71. The van der Waals surface area contributed by atoms with Gasteiger partial charge in [0.2, 0.25) is 0 Å². The van der Waals surface area contributed by atoms with Gasteiger partial charge in [-0.05, 0) is 55.6 Å². The maximum Gasteiger partial charge on any atom is 0.123 e. The van der Waals surface area contributed by atoms with E-state index in [2.05, 4.69) is 5.32 Å². The first kappa shape index (κ1) is 9.46. The fourth-order valence-corrected chi connectivity index (χ4v) is 1.92. The van der Waals surface area contributed by atoms with E-state index >= 15 is 0 Å². The fraction of sp³-hybridized carbons (Fsp3) is 0.455. The van der Waals surface area contributed by atoms with Crippen LogP contribution in [-0.4, -0.2) is 18.2 Å². The highest BCUT2D eigenvalue weighted by Crippen LogP contribution is 2.23. The van der Waals surface area contributed by atoms with Crippen LogP contribution in [0, 0.1) is 11.7 Å². The smallest absolute Gasteiger partial charge is 0.123 e. The molecule has 1 aromatic rings. The van der Waals surface area contributed by atoms with E-state index in [9.17, 15) is 9.50 Å². The Morgan fingerprint density at radius 2 is 2.36 bits per heavy atom. The van der Waals surface area contributed by atoms with Crippen LogP contribution in [0.15, 0.2) is 18.2 Å². The van der Waals surface area contributed by atoms with Crippen LogP contribution in [0.4, 0.5) is 4.39 Å². The third kappa shape index (κ3) is 2.04. The summed E-state index contributed by atoms with van der Waals surface area (Å²) in [5.41, 5.74) is 0.721. The Bertz CT molecular complexity index is 321. The predicted molar refractivity (Wildman–Crippen MR) is 52.7 cm³/mol. The molecule has 76 valence electrons. The molecule has 2 N–H and O–H groups in total. The average Bonchev–Trinajstić information content (AvgIpc) is 2.64. The van der Waals surface area contributed by atoms with Crippen molar-refractivity contribution in [2.75, 3.05) is 13.1 Å². The van der Waals surface area contributed by atoms with Crippen molar-refractivity contribution in [1.29, 1.82) is 0 Å². The lowest BCUT2D eigenvalue weighted by molar-refractivity contribution is 0.456. The molecule has 1 heterocycles. The lowest BCUT2D eigenvalue weighted by Gasteiger charge is -2.09. The molecule has 1 atom stereocenters. The minimum Gasteiger partial charge on any atom is -0.508 e. The van der Waals surface area contributed by atoms with Crippen molar-refractivity contribution in [3.05, 3.63) is 29.6 Å². The van der Waals surface area contributed by atoms with Crippen molar-refractivity contribution in [2.24, 2.45) is 5.92 Å². The summed E-state index contributed by atoms with van der Waals surface area (Å²) in [6.45, 7) is 2.00. The monoisotopic (exact) mass is 195 g/mol. The lowest BCUT2D eigenvalue weighted by Crippen LogP contribution is -2.10. The predicted octanol–water partition coefficient (Wildman–Crippen LogP) is 1.68. The number of phenolic OH excluding ortho intramolecular Hbond substituents is 1. The standard InChI is InChI=1S/C11H14FNO/c12-10-1-2-11(14)9(6-10)5-8-3-4-13-7-8/h1-2,6,8,13-14H,3-5,7H2. The van der Waals surface area contributed by atoms with E-state index in [0.29, 0.717) is 5.92 Å². The molecule has 2 rings (SSSR count). The van der Waals surface area contributed by atoms with Gasteiger partial charge >= 0.3 is 0 Å². The normalized spacial score (nSPS) is 21.4. The van der Waals surface area contributed by atoms with E-state index in [1.807, 2.05) is 0 Å². The summed E-state index contributed by atoms with van der Waals surface area (Å²) in [7, 11) is 0. The van der Waals surface area contributed by atoms with E-state index in [4.69, 9.17) is 0 Å². The largest absolute Gasteiger partial charge is 0.508 e. The second kappa shape index (κ2) is 3.96. The summed E-state index contributed by atoms with van der Waals surface area (Å²) >= 11 is 0. The molecular weight excluding hydrogens is 181 g/mol. The molecular formula is C11H14FNO. The van der Waals surface area contributed by atoms with Gasteiger partial charge in [-0.3, -0.25) is 0 Å². The average molecular weight is 195 g/mol. The second-order valence-corrected chi connectivity index (χ2v) is 3.84. The third-order valence-corrected chi connectivity index (χ3v) is 2.71. The molecule has 1 unspecified atom stereocenters. The van der Waals surface area contributed by atoms with Crippen LogP contribution in [0.25, 0.3) is 0 Å². The van der Waals surface area contributed by atoms with E-state index < -0.39 is 0 Å². The van der Waals surface area contributed by atoms with Crippen LogP contribution in [0.3, 0.4) is 0 Å². The van der Waals surface area contributed by atoms with Crippen LogP contribution >= 0.6 is 0 Å². The van der Waals surface area contributed by atoms with Gasteiger partial charge in [0.15, 0.2) is 0 Å². The molecule has 14 heavy (non-hydrogen) atoms. The Kier molecular flexibility index (Phi) is 2.68. The Labute approximate surface area is 82.8 Å². The summed E-state index contributed by atoms with van der Waals surface area (Å²) in [6.07, 6.45) is 1.87. The maximum absolute atomic E-state index is 12.9. The van der Waals surface area contributed by atoms with Crippen molar-refractivity contribution >= 4 is 0 Å². The molecule has 0 amide bonds. The van der Waals surface area contributed by atoms with E-state index in [1.54, 1.807) is 0 Å². The van der Waals surface area contributed by atoms with Gasteiger partial charge < -0.3 is 10.4 Å². The molecule has 1 aromatic carbocycles. The Balaban J connectivity index is 2.10. The first-order valence-electron chi connectivity index (χ1n) is 4.94. The number of aromatic hydroxyl groups is 1. The van der Waals surface area contributed by atoms with Crippen molar-refractivity contribution in [3.63, 3.8) is 0 Å². The van der Waals surface area contributed by atoms with E-state index in [0.717, 1.165) is 31.5 Å². The van der Waals surface area contributed by atoms with Crippen LogP contribution < -0.4 is 5.32 Å². The fourth-order valence-electron chi connectivity index (χ4n) is 1.92. The Hall–Kier alpha value is -1.09. The summed E-state index contributed by atoms with van der Waals surface area (Å²) < 4.78 is 12.9. The Morgan fingerprint density at radius 1 is 1.50 bits per heavy atom. The molecule has 0 bridgehead atoms.